The molecule has 1 N–H and O–H groups in total. The Balaban J connectivity index is 1.80. The summed E-state index contributed by atoms with van der Waals surface area (Å²) < 4.78 is 34.5. The molecule has 8 heteroatoms. The molecule has 154 valence electrons. The average Bonchev–Trinajstić information content (AvgIpc) is 2.70. The van der Waals surface area contributed by atoms with Crippen LogP contribution in [-0.2, 0) is 10.0 Å². The van der Waals surface area contributed by atoms with Crippen molar-refractivity contribution in [3.8, 4) is 17.6 Å². The lowest BCUT2D eigenvalue weighted by molar-refractivity contribution is 0.480. The van der Waals surface area contributed by atoms with E-state index in [1.54, 1.807) is 24.3 Å². The smallest absolute Gasteiger partial charge is 0.261 e. The fourth-order valence-corrected chi connectivity index (χ4v) is 4.60. The largest absolute Gasteiger partial charge is 0.456 e. The Kier molecular flexibility index (Phi) is 6.71. The van der Waals surface area contributed by atoms with Crippen molar-refractivity contribution in [2.45, 2.75) is 24.7 Å². The second-order valence-electron chi connectivity index (χ2n) is 6.80. The van der Waals surface area contributed by atoms with E-state index in [1.807, 2.05) is 18.2 Å². The maximum Gasteiger partial charge on any atom is 0.261 e. The quantitative estimate of drug-likeness (QED) is 0.405. The lowest BCUT2D eigenvalue weighted by atomic mass is 10.0. The predicted molar refractivity (Wildman–Crippen MR) is 122 cm³/mol. The number of nitrogens with one attached hydrogen (secondary N) is 1. The Morgan fingerprint density at radius 1 is 1.10 bits per heavy atom. The molecule has 0 heterocycles. The van der Waals surface area contributed by atoms with Crippen molar-refractivity contribution in [3.63, 3.8) is 0 Å². The molecule has 0 saturated carbocycles. The van der Waals surface area contributed by atoms with Gasteiger partial charge in [-0.05, 0) is 75.9 Å². The van der Waals surface area contributed by atoms with Crippen molar-refractivity contribution in [1.29, 1.82) is 5.26 Å². The van der Waals surface area contributed by atoms with Crippen LogP contribution in [0.25, 0.3) is 0 Å². The average molecular weight is 506 g/mol. The van der Waals surface area contributed by atoms with Crippen molar-refractivity contribution in [3.05, 3.63) is 81.3 Å². The molecule has 0 atom stereocenters. The first kappa shape index (κ1) is 22.2. The number of hydrogen-bond donors (Lipinski definition) is 1. The third-order valence-electron chi connectivity index (χ3n) is 4.35. The zero-order valence-corrected chi connectivity index (χ0v) is 19.3. The maximum absolute atomic E-state index is 12.8. The number of halogens is 2. The molecule has 0 aromatic heterocycles. The Morgan fingerprint density at radius 2 is 1.80 bits per heavy atom. The molecule has 3 aromatic rings. The van der Waals surface area contributed by atoms with Crippen LogP contribution in [0.1, 0.15) is 30.9 Å². The number of anilines is 1. The first-order valence-electron chi connectivity index (χ1n) is 9.00. The molecule has 0 radical (unpaired) electrons. The third-order valence-corrected chi connectivity index (χ3v) is 6.71. The van der Waals surface area contributed by atoms with Gasteiger partial charge in [0, 0.05) is 4.47 Å². The second-order valence-corrected chi connectivity index (χ2v) is 9.74. The van der Waals surface area contributed by atoms with Crippen LogP contribution in [0, 0.1) is 11.3 Å². The number of nitriles is 1. The maximum atomic E-state index is 12.8. The number of rotatable bonds is 6. The number of nitrogens with zero attached hydrogens (tertiary/aromatic N) is 1. The van der Waals surface area contributed by atoms with Gasteiger partial charge in [0.15, 0.2) is 0 Å². The van der Waals surface area contributed by atoms with Crippen molar-refractivity contribution in [2.75, 3.05) is 4.72 Å². The molecule has 0 aliphatic carbocycles. The van der Waals surface area contributed by atoms with E-state index < -0.39 is 10.0 Å². The second kappa shape index (κ2) is 9.09. The Morgan fingerprint density at radius 3 is 2.40 bits per heavy atom. The molecular formula is C22H18BrClN2O3S. The SMILES string of the molecule is CC(C)c1ccc(NS(=O)(=O)c2ccc(Oc3cccc(Cl)c3C#N)cc2)c(Br)c1. The van der Waals surface area contributed by atoms with Gasteiger partial charge in [0.05, 0.1) is 15.6 Å². The first-order valence-corrected chi connectivity index (χ1v) is 11.7. The summed E-state index contributed by atoms with van der Waals surface area (Å²) >= 11 is 9.43. The van der Waals surface area contributed by atoms with Crippen LogP contribution in [-0.4, -0.2) is 8.42 Å². The van der Waals surface area contributed by atoms with Gasteiger partial charge in [0.2, 0.25) is 0 Å². The minimum atomic E-state index is -3.79. The van der Waals surface area contributed by atoms with Gasteiger partial charge >= 0.3 is 0 Å². The van der Waals surface area contributed by atoms with Crippen molar-refractivity contribution >= 4 is 43.2 Å². The molecule has 0 bridgehead atoms. The van der Waals surface area contributed by atoms with Crippen molar-refractivity contribution in [2.24, 2.45) is 0 Å². The Labute approximate surface area is 189 Å². The van der Waals surface area contributed by atoms with E-state index in [4.69, 9.17) is 16.3 Å². The number of ether oxygens (including phenoxy) is 1. The van der Waals surface area contributed by atoms with Crippen LogP contribution >= 0.6 is 27.5 Å². The van der Waals surface area contributed by atoms with Gasteiger partial charge in [-0.3, -0.25) is 4.72 Å². The monoisotopic (exact) mass is 504 g/mol. The van der Waals surface area contributed by atoms with Crippen LogP contribution in [0.4, 0.5) is 5.69 Å². The topological polar surface area (TPSA) is 79.2 Å². The highest BCUT2D eigenvalue weighted by atomic mass is 79.9. The van der Waals surface area contributed by atoms with Gasteiger partial charge < -0.3 is 4.74 Å². The van der Waals surface area contributed by atoms with Gasteiger partial charge in [-0.2, -0.15) is 5.26 Å². The van der Waals surface area contributed by atoms with Gasteiger partial charge in [0.1, 0.15) is 23.1 Å². The summed E-state index contributed by atoms with van der Waals surface area (Å²) in [6.07, 6.45) is 0. The van der Waals surface area contributed by atoms with E-state index >= 15 is 0 Å². The number of hydrogen-bond acceptors (Lipinski definition) is 4. The molecule has 0 fully saturated rings. The van der Waals surface area contributed by atoms with Crippen molar-refractivity contribution < 1.29 is 13.2 Å². The van der Waals surface area contributed by atoms with Gasteiger partial charge in [-0.15, -0.1) is 0 Å². The predicted octanol–water partition coefficient (Wildman–Crippen LogP) is 6.69. The van der Waals surface area contributed by atoms with E-state index in [-0.39, 0.29) is 15.5 Å². The van der Waals surface area contributed by atoms with Crippen molar-refractivity contribution in [1.82, 2.24) is 0 Å². The number of sulfonamides is 1. The normalized spacial score (nSPS) is 11.2. The summed E-state index contributed by atoms with van der Waals surface area (Å²) in [6.45, 7) is 4.14. The van der Waals surface area contributed by atoms with Crippen LogP contribution in [0.15, 0.2) is 70.0 Å². The van der Waals surface area contributed by atoms with Crippen LogP contribution in [0.5, 0.6) is 11.5 Å². The molecule has 30 heavy (non-hydrogen) atoms. The van der Waals surface area contributed by atoms with Gasteiger partial charge in [-0.25, -0.2) is 8.42 Å². The molecule has 0 aliphatic heterocycles. The summed E-state index contributed by atoms with van der Waals surface area (Å²) in [6, 6.07) is 18.3. The van der Waals surface area contributed by atoms with Crippen LogP contribution < -0.4 is 9.46 Å². The standard InChI is InChI=1S/C22H18BrClN2O3S/c1-14(2)15-6-11-21(19(23)12-15)26-30(27,28)17-9-7-16(8-10-17)29-22-5-3-4-20(24)18(22)13-25/h3-12,14,26H,1-2H3. The molecule has 0 amide bonds. The molecule has 5 nitrogen and oxygen atoms in total. The molecule has 0 saturated heterocycles. The summed E-state index contributed by atoms with van der Waals surface area (Å²) in [5, 5.41) is 9.52. The molecule has 3 rings (SSSR count). The van der Waals surface area contributed by atoms with E-state index in [1.165, 1.54) is 24.3 Å². The van der Waals surface area contributed by atoms with Gasteiger partial charge in [-0.1, -0.05) is 37.6 Å². The summed E-state index contributed by atoms with van der Waals surface area (Å²) in [7, 11) is -3.79. The van der Waals surface area contributed by atoms with Crippen LogP contribution in [0.3, 0.4) is 0 Å². The minimum absolute atomic E-state index is 0.0845. The Hall–Kier alpha value is -2.53. The molecule has 0 aliphatic rings. The molecule has 0 spiro atoms. The van der Waals surface area contributed by atoms with Gasteiger partial charge in [0.25, 0.3) is 10.0 Å². The third kappa shape index (κ3) is 4.96. The molecular weight excluding hydrogens is 488 g/mol. The van der Waals surface area contributed by atoms with E-state index in [9.17, 15) is 13.7 Å². The molecule has 0 unspecified atom stereocenters. The highest BCUT2D eigenvalue weighted by Gasteiger charge is 2.17. The van der Waals surface area contributed by atoms with Crippen LogP contribution in [0.2, 0.25) is 5.02 Å². The summed E-state index contributed by atoms with van der Waals surface area (Å²) in [5.74, 6) is 1.02. The first-order chi connectivity index (χ1) is 14.2. The van der Waals surface area contributed by atoms with E-state index in [0.717, 1.165) is 5.56 Å². The zero-order valence-electron chi connectivity index (χ0n) is 16.2. The lowest BCUT2D eigenvalue weighted by Crippen LogP contribution is -2.13. The number of benzene rings is 3. The fourth-order valence-electron chi connectivity index (χ4n) is 2.69. The molecule has 3 aromatic carbocycles. The highest BCUT2D eigenvalue weighted by molar-refractivity contribution is 9.10. The minimum Gasteiger partial charge on any atom is -0.456 e. The zero-order chi connectivity index (χ0) is 21.9. The highest BCUT2D eigenvalue weighted by Crippen LogP contribution is 2.31. The summed E-state index contributed by atoms with van der Waals surface area (Å²) in [5.41, 5.74) is 1.77. The Bertz CT molecular complexity index is 1220. The van der Waals surface area contributed by atoms with E-state index in [2.05, 4.69) is 34.5 Å². The lowest BCUT2D eigenvalue weighted by Gasteiger charge is -2.13. The summed E-state index contributed by atoms with van der Waals surface area (Å²) in [4.78, 5) is 0.0845. The fraction of sp³-hybridized carbons (Fsp3) is 0.136. The van der Waals surface area contributed by atoms with E-state index in [0.29, 0.717) is 27.6 Å².